The van der Waals surface area contributed by atoms with Crippen molar-refractivity contribution in [2.75, 3.05) is 0 Å². The van der Waals surface area contributed by atoms with Crippen LogP contribution in [-0.4, -0.2) is 36.0 Å². The molecule has 0 aromatic rings. The molecule has 0 unspecified atom stereocenters. The number of cyclic esters (lactones) is 1. The van der Waals surface area contributed by atoms with E-state index in [1.165, 1.54) is 0 Å². The summed E-state index contributed by atoms with van der Waals surface area (Å²) in [5.74, 6) is -14.1. The molecule has 1 aliphatic heterocycles. The van der Waals surface area contributed by atoms with E-state index in [2.05, 4.69) is 9.47 Å². The quantitative estimate of drug-likeness (QED) is 0.417. The predicted molar refractivity (Wildman–Crippen MR) is 32.0 cm³/mol. The zero-order valence-electron chi connectivity index (χ0n) is 7.66. The van der Waals surface area contributed by atoms with Crippen LogP contribution in [0, 0.1) is 0 Å². The molecule has 1 heterocycles. The van der Waals surface area contributed by atoms with Crippen molar-refractivity contribution in [3.63, 3.8) is 0 Å². The molecule has 0 N–H and O–H groups in total. The lowest BCUT2D eigenvalue weighted by Crippen LogP contribution is -2.55. The third-order valence-electron chi connectivity index (χ3n) is 1.78. The molecule has 0 aromatic heterocycles. The Hall–Kier alpha value is -1.46. The highest BCUT2D eigenvalue weighted by Gasteiger charge is 2.83. The average Bonchev–Trinajstić information content (AvgIpc) is 2.39. The summed E-state index contributed by atoms with van der Waals surface area (Å²) in [6.07, 6.45) is -12.5. The standard InChI is InChI=1S/C6F8O4/c7-1(15)4(6(12,13)14)17-2(16)3(8,18-4)5(9,10)11/t3-,4-/m1/s1. The maximum atomic E-state index is 13.0. The average molecular weight is 288 g/mol. The van der Waals surface area contributed by atoms with Gasteiger partial charge in [-0.2, -0.15) is 35.1 Å². The highest BCUT2D eigenvalue weighted by Crippen LogP contribution is 2.50. The minimum Gasteiger partial charge on any atom is -0.410 e. The Morgan fingerprint density at radius 1 is 1.06 bits per heavy atom. The Labute approximate surface area is 91.4 Å². The number of ether oxygens (including phenoxy) is 2. The Morgan fingerprint density at radius 2 is 1.50 bits per heavy atom. The van der Waals surface area contributed by atoms with Crippen molar-refractivity contribution in [1.82, 2.24) is 0 Å². The van der Waals surface area contributed by atoms with E-state index in [1.54, 1.807) is 0 Å². The van der Waals surface area contributed by atoms with Gasteiger partial charge in [0.2, 0.25) is 0 Å². The maximum Gasteiger partial charge on any atom is 0.467 e. The molecule has 1 fully saturated rings. The molecular formula is C6F8O4. The first kappa shape index (κ1) is 14.6. The van der Waals surface area contributed by atoms with Gasteiger partial charge in [-0.1, -0.05) is 0 Å². The lowest BCUT2D eigenvalue weighted by molar-refractivity contribution is -0.381. The minimum atomic E-state index is -6.29. The van der Waals surface area contributed by atoms with Gasteiger partial charge in [-0.05, 0) is 0 Å². The zero-order valence-corrected chi connectivity index (χ0v) is 7.66. The van der Waals surface area contributed by atoms with Crippen LogP contribution in [0.3, 0.4) is 0 Å². The monoisotopic (exact) mass is 288 g/mol. The first-order chi connectivity index (χ1) is 7.78. The van der Waals surface area contributed by atoms with Gasteiger partial charge in [-0.25, -0.2) is 4.79 Å². The van der Waals surface area contributed by atoms with E-state index in [0.717, 1.165) is 0 Å². The second kappa shape index (κ2) is 3.52. The molecule has 104 valence electrons. The van der Waals surface area contributed by atoms with Crippen molar-refractivity contribution < 1.29 is 54.2 Å². The van der Waals surface area contributed by atoms with Crippen molar-refractivity contribution >= 4 is 12.0 Å². The molecule has 0 bridgehead atoms. The highest BCUT2D eigenvalue weighted by molar-refractivity contribution is 5.89. The van der Waals surface area contributed by atoms with Crippen molar-refractivity contribution in [2.45, 2.75) is 24.0 Å². The summed E-state index contributed by atoms with van der Waals surface area (Å²) < 4.78 is 103. The fourth-order valence-corrected chi connectivity index (χ4v) is 0.938. The Morgan fingerprint density at radius 3 is 1.67 bits per heavy atom. The number of hydrogen-bond donors (Lipinski definition) is 0. The van der Waals surface area contributed by atoms with Crippen LogP contribution in [0.4, 0.5) is 35.1 Å². The highest BCUT2D eigenvalue weighted by atomic mass is 19.4. The van der Waals surface area contributed by atoms with Gasteiger partial charge in [0.05, 0.1) is 0 Å². The van der Waals surface area contributed by atoms with Crippen LogP contribution in [0.25, 0.3) is 0 Å². The Balaban J connectivity index is 3.34. The summed E-state index contributed by atoms with van der Waals surface area (Å²) in [5, 5.41) is 0. The minimum absolute atomic E-state index is 2.63. The van der Waals surface area contributed by atoms with Gasteiger partial charge in [0, 0.05) is 0 Å². The van der Waals surface area contributed by atoms with E-state index in [4.69, 9.17) is 0 Å². The first-order valence-corrected chi connectivity index (χ1v) is 3.74. The van der Waals surface area contributed by atoms with Crippen LogP contribution in [0.15, 0.2) is 0 Å². The van der Waals surface area contributed by atoms with Gasteiger partial charge in [-0.3, -0.25) is 9.53 Å². The molecular weight excluding hydrogens is 288 g/mol. The van der Waals surface area contributed by atoms with E-state index in [9.17, 15) is 44.7 Å². The SMILES string of the molecule is O=C(F)[C@@]1(C(F)(F)F)OC(=O)[C@](F)(C(F)(F)F)O1. The van der Waals surface area contributed by atoms with Crippen LogP contribution in [-0.2, 0) is 19.1 Å². The number of rotatable bonds is 1. The van der Waals surface area contributed by atoms with Crippen LogP contribution in [0.5, 0.6) is 0 Å². The van der Waals surface area contributed by atoms with E-state index >= 15 is 0 Å². The molecule has 4 nitrogen and oxygen atoms in total. The number of carbonyl (C=O) groups excluding carboxylic acids is 2. The lowest BCUT2D eigenvalue weighted by atomic mass is 10.3. The molecule has 0 aromatic carbocycles. The molecule has 0 saturated carbocycles. The molecule has 0 spiro atoms. The molecule has 0 radical (unpaired) electrons. The van der Waals surface area contributed by atoms with Crippen LogP contribution >= 0.6 is 0 Å². The van der Waals surface area contributed by atoms with E-state index in [1.807, 2.05) is 0 Å². The number of alkyl halides is 7. The molecule has 0 amide bonds. The topological polar surface area (TPSA) is 52.6 Å². The lowest BCUT2D eigenvalue weighted by Gasteiger charge is -2.25. The summed E-state index contributed by atoms with van der Waals surface area (Å²) in [6, 6.07) is -3.65. The van der Waals surface area contributed by atoms with E-state index in [-0.39, 0.29) is 0 Å². The van der Waals surface area contributed by atoms with Gasteiger partial charge < -0.3 is 4.74 Å². The number of esters is 1. The second-order valence-corrected chi connectivity index (χ2v) is 2.97. The number of halogens is 8. The molecule has 2 atom stereocenters. The smallest absolute Gasteiger partial charge is 0.410 e. The Kier molecular flexibility index (Phi) is 2.86. The largest absolute Gasteiger partial charge is 0.467 e. The van der Waals surface area contributed by atoms with Crippen molar-refractivity contribution in [3.8, 4) is 0 Å². The van der Waals surface area contributed by atoms with Crippen LogP contribution < -0.4 is 0 Å². The third-order valence-corrected chi connectivity index (χ3v) is 1.78. The second-order valence-electron chi connectivity index (χ2n) is 2.97. The summed E-state index contributed by atoms with van der Waals surface area (Å²) in [7, 11) is 0. The molecule has 1 aliphatic rings. The van der Waals surface area contributed by atoms with Gasteiger partial charge in [0.1, 0.15) is 0 Å². The predicted octanol–water partition coefficient (Wildman–Crippen LogP) is 1.54. The van der Waals surface area contributed by atoms with E-state index < -0.39 is 36.0 Å². The first-order valence-electron chi connectivity index (χ1n) is 3.74. The fourth-order valence-electron chi connectivity index (χ4n) is 0.938. The molecule has 1 rings (SSSR count). The van der Waals surface area contributed by atoms with Crippen molar-refractivity contribution in [2.24, 2.45) is 0 Å². The van der Waals surface area contributed by atoms with Crippen molar-refractivity contribution in [1.29, 1.82) is 0 Å². The molecule has 1 saturated heterocycles. The third kappa shape index (κ3) is 1.71. The van der Waals surface area contributed by atoms with Gasteiger partial charge >= 0.3 is 36.0 Å². The summed E-state index contributed by atoms with van der Waals surface area (Å²) in [6.45, 7) is 0. The summed E-state index contributed by atoms with van der Waals surface area (Å²) in [5.41, 5.74) is 0. The summed E-state index contributed by atoms with van der Waals surface area (Å²) >= 11 is 0. The molecule has 0 aliphatic carbocycles. The van der Waals surface area contributed by atoms with Gasteiger partial charge in [0.25, 0.3) is 0 Å². The van der Waals surface area contributed by atoms with Crippen LogP contribution in [0.2, 0.25) is 0 Å². The number of carbonyl (C=O) groups is 2. The fraction of sp³-hybridized carbons (Fsp3) is 0.667. The molecule has 12 heteroatoms. The summed E-state index contributed by atoms with van der Waals surface area (Å²) in [4.78, 5) is 20.5. The number of hydrogen-bond acceptors (Lipinski definition) is 4. The van der Waals surface area contributed by atoms with E-state index in [0.29, 0.717) is 0 Å². The van der Waals surface area contributed by atoms with Crippen LogP contribution in [0.1, 0.15) is 0 Å². The zero-order chi connectivity index (χ0) is 14.6. The van der Waals surface area contributed by atoms with Gasteiger partial charge in [0.15, 0.2) is 0 Å². The normalized spacial score (nSPS) is 33.4. The Bertz CT molecular complexity index is 399. The van der Waals surface area contributed by atoms with Crippen molar-refractivity contribution in [3.05, 3.63) is 0 Å². The maximum absolute atomic E-state index is 13.0. The van der Waals surface area contributed by atoms with Gasteiger partial charge in [-0.15, -0.1) is 0 Å². The molecule has 18 heavy (non-hydrogen) atoms.